The molecular weight excluding hydrogens is 360 g/mol. The molecule has 0 saturated heterocycles. The van der Waals surface area contributed by atoms with Gasteiger partial charge in [-0.1, -0.05) is 64.7 Å². The van der Waals surface area contributed by atoms with Gasteiger partial charge in [-0.15, -0.1) is 0 Å². The summed E-state index contributed by atoms with van der Waals surface area (Å²) in [5.41, 5.74) is 0. The maximum Gasteiger partial charge on any atom is 0.327 e. The predicted octanol–water partition coefficient (Wildman–Crippen LogP) is 3.96. The van der Waals surface area contributed by atoms with E-state index in [4.69, 9.17) is 14.4 Å². The smallest absolute Gasteiger partial charge is 0.327 e. The van der Waals surface area contributed by atoms with Gasteiger partial charge in [0.15, 0.2) is 5.25 Å². The van der Waals surface area contributed by atoms with Gasteiger partial charge < -0.3 is 9.84 Å². The van der Waals surface area contributed by atoms with Crippen molar-refractivity contribution >= 4 is 22.1 Å². The number of esters is 1. The first kappa shape index (κ1) is 24.8. The van der Waals surface area contributed by atoms with Crippen LogP contribution >= 0.6 is 0 Å². The maximum atomic E-state index is 11.8. The van der Waals surface area contributed by atoms with E-state index in [1.165, 1.54) is 44.9 Å². The Morgan fingerprint density at radius 2 is 1.38 bits per heavy atom. The van der Waals surface area contributed by atoms with E-state index in [2.05, 4.69) is 6.92 Å². The second-order valence-corrected chi connectivity index (χ2v) is 8.42. The lowest BCUT2D eigenvalue weighted by Crippen LogP contribution is -2.35. The Morgan fingerprint density at radius 1 is 0.923 bits per heavy atom. The Balaban J connectivity index is 3.91. The molecule has 2 N–H and O–H groups in total. The minimum Gasteiger partial charge on any atom is -0.481 e. The molecule has 0 aromatic carbocycles. The quantitative estimate of drug-likeness (QED) is 0.231. The first-order valence-electron chi connectivity index (χ1n) is 9.57. The summed E-state index contributed by atoms with van der Waals surface area (Å²) in [6.07, 6.45) is 10.9. The van der Waals surface area contributed by atoms with Crippen LogP contribution in [0.15, 0.2) is 0 Å². The normalized spacial score (nSPS) is 14.0. The zero-order valence-electron chi connectivity index (χ0n) is 16.0. The number of carboxylic acids is 1. The summed E-state index contributed by atoms with van der Waals surface area (Å²) < 4.78 is 36.2. The van der Waals surface area contributed by atoms with E-state index in [1.54, 1.807) is 6.92 Å². The van der Waals surface area contributed by atoms with Crippen LogP contribution in [0.4, 0.5) is 0 Å². The molecule has 0 aliphatic heterocycles. The highest BCUT2D eigenvalue weighted by molar-refractivity contribution is 7.87. The average molecular weight is 395 g/mol. The van der Waals surface area contributed by atoms with Crippen molar-refractivity contribution in [2.24, 2.45) is 0 Å². The van der Waals surface area contributed by atoms with E-state index in [9.17, 15) is 18.0 Å². The third-order valence-electron chi connectivity index (χ3n) is 4.26. The van der Waals surface area contributed by atoms with Gasteiger partial charge in [0, 0.05) is 0 Å². The van der Waals surface area contributed by atoms with Crippen molar-refractivity contribution in [3.8, 4) is 0 Å². The van der Waals surface area contributed by atoms with Gasteiger partial charge in [-0.2, -0.15) is 8.42 Å². The van der Waals surface area contributed by atoms with Gasteiger partial charge in [0.1, 0.15) is 0 Å². The van der Waals surface area contributed by atoms with Crippen molar-refractivity contribution in [3.05, 3.63) is 0 Å². The lowest BCUT2D eigenvalue weighted by atomic mass is 10.0. The third-order valence-corrected chi connectivity index (χ3v) is 5.34. The fraction of sp³-hybridized carbons (Fsp3) is 0.889. The summed E-state index contributed by atoms with van der Waals surface area (Å²) in [5.74, 6) is -2.71. The molecule has 0 amide bonds. The topological polar surface area (TPSA) is 118 Å². The van der Waals surface area contributed by atoms with Crippen LogP contribution in [0.3, 0.4) is 0 Å². The van der Waals surface area contributed by atoms with Crippen LogP contribution in [0.25, 0.3) is 0 Å². The van der Waals surface area contributed by atoms with Gasteiger partial charge in [0.05, 0.1) is 12.5 Å². The second kappa shape index (κ2) is 14.0. The number of aliphatic carboxylic acids is 1. The number of hydrogen-bond donors (Lipinski definition) is 2. The van der Waals surface area contributed by atoms with Gasteiger partial charge in [0.2, 0.25) is 0 Å². The Labute approximate surface area is 157 Å². The zero-order valence-corrected chi connectivity index (χ0v) is 16.8. The summed E-state index contributed by atoms with van der Waals surface area (Å²) in [4.78, 5) is 22.4. The van der Waals surface area contributed by atoms with E-state index in [1.807, 2.05) is 0 Å². The molecule has 0 heterocycles. The van der Waals surface area contributed by atoms with Gasteiger partial charge >= 0.3 is 11.9 Å². The summed E-state index contributed by atoms with van der Waals surface area (Å²) in [7, 11) is -4.80. The van der Waals surface area contributed by atoms with Crippen LogP contribution in [0.5, 0.6) is 0 Å². The zero-order chi connectivity index (χ0) is 20.0. The lowest BCUT2D eigenvalue weighted by Gasteiger charge is -2.16. The van der Waals surface area contributed by atoms with Gasteiger partial charge in [-0.05, 0) is 19.8 Å². The van der Waals surface area contributed by atoms with Gasteiger partial charge in [-0.3, -0.25) is 14.1 Å². The summed E-state index contributed by atoms with van der Waals surface area (Å²) in [5, 5.41) is 6.58. The molecule has 0 rings (SSSR count). The van der Waals surface area contributed by atoms with Crippen molar-refractivity contribution in [1.82, 2.24) is 0 Å². The number of unbranched alkanes of at least 4 members (excludes halogenated alkanes) is 9. The molecule has 7 nitrogen and oxygen atoms in total. The van der Waals surface area contributed by atoms with E-state index in [-0.39, 0.29) is 0 Å². The predicted molar refractivity (Wildman–Crippen MR) is 99.6 cm³/mol. The van der Waals surface area contributed by atoms with Crippen molar-refractivity contribution in [3.63, 3.8) is 0 Å². The molecule has 0 aliphatic rings. The molecule has 0 radical (unpaired) electrons. The molecular formula is C18H34O7S. The van der Waals surface area contributed by atoms with E-state index in [0.29, 0.717) is 6.42 Å². The standard InChI is InChI=1S/C18H34O7S/c1-3-4-5-6-7-8-9-10-11-12-13-15(2)25-18(21)16(14-17(19)20)26(22,23)24/h15-16H,3-14H2,1-2H3,(H,19,20)(H,22,23,24). The summed E-state index contributed by atoms with van der Waals surface area (Å²) >= 11 is 0. The minimum absolute atomic E-state index is 0.519. The fourth-order valence-electron chi connectivity index (χ4n) is 2.72. The van der Waals surface area contributed by atoms with Crippen LogP contribution in [0.1, 0.15) is 90.9 Å². The highest BCUT2D eigenvalue weighted by Crippen LogP contribution is 2.14. The van der Waals surface area contributed by atoms with Crippen LogP contribution in [-0.2, 0) is 24.4 Å². The molecule has 0 aromatic heterocycles. The van der Waals surface area contributed by atoms with Crippen molar-refractivity contribution in [1.29, 1.82) is 0 Å². The van der Waals surface area contributed by atoms with Crippen LogP contribution in [0, 0.1) is 0 Å². The minimum atomic E-state index is -4.80. The Hall–Kier alpha value is -1.15. The molecule has 154 valence electrons. The lowest BCUT2D eigenvalue weighted by molar-refractivity contribution is -0.151. The molecule has 0 spiro atoms. The first-order chi connectivity index (χ1) is 12.2. The Bertz CT molecular complexity index is 502. The van der Waals surface area contributed by atoms with Crippen LogP contribution in [-0.4, -0.2) is 41.4 Å². The number of hydrogen-bond acceptors (Lipinski definition) is 5. The monoisotopic (exact) mass is 394 g/mol. The molecule has 0 aromatic rings. The largest absolute Gasteiger partial charge is 0.481 e. The molecule has 0 aliphatic carbocycles. The highest BCUT2D eigenvalue weighted by Gasteiger charge is 2.35. The molecule has 0 fully saturated rings. The Morgan fingerprint density at radius 3 is 1.81 bits per heavy atom. The molecule has 2 atom stereocenters. The van der Waals surface area contributed by atoms with Crippen LogP contribution in [0.2, 0.25) is 0 Å². The van der Waals surface area contributed by atoms with Crippen molar-refractivity contribution in [2.75, 3.05) is 0 Å². The van der Waals surface area contributed by atoms with Crippen LogP contribution < -0.4 is 0 Å². The molecule has 26 heavy (non-hydrogen) atoms. The third kappa shape index (κ3) is 13.1. The number of ether oxygens (including phenoxy) is 1. The SMILES string of the molecule is CCCCCCCCCCCCC(C)OC(=O)C(CC(=O)O)S(=O)(=O)O. The fourth-order valence-corrected chi connectivity index (χ4v) is 3.37. The summed E-state index contributed by atoms with van der Waals surface area (Å²) in [6, 6.07) is 0. The highest BCUT2D eigenvalue weighted by atomic mass is 32.2. The molecule has 0 saturated carbocycles. The Kier molecular flexibility index (Phi) is 13.4. The number of carbonyl (C=O) groups excluding carboxylic acids is 1. The van der Waals surface area contributed by atoms with E-state index >= 15 is 0 Å². The van der Waals surface area contributed by atoms with Crippen molar-refractivity contribution < 1.29 is 32.4 Å². The summed E-state index contributed by atoms with van der Waals surface area (Å²) in [6.45, 7) is 3.83. The van der Waals surface area contributed by atoms with E-state index in [0.717, 1.165) is 19.3 Å². The molecule has 0 bridgehead atoms. The van der Waals surface area contributed by atoms with Gasteiger partial charge in [-0.25, -0.2) is 0 Å². The number of carboxylic acid groups (broad SMARTS) is 1. The first-order valence-corrected chi connectivity index (χ1v) is 11.1. The number of rotatable bonds is 16. The van der Waals surface area contributed by atoms with E-state index < -0.39 is 39.8 Å². The molecule has 2 unspecified atom stereocenters. The number of carbonyl (C=O) groups is 2. The average Bonchev–Trinajstić information content (AvgIpc) is 2.53. The second-order valence-electron chi connectivity index (χ2n) is 6.82. The molecule has 8 heteroatoms. The van der Waals surface area contributed by atoms with Gasteiger partial charge in [0.25, 0.3) is 10.1 Å². The van der Waals surface area contributed by atoms with Crippen molar-refractivity contribution in [2.45, 2.75) is 102 Å². The maximum absolute atomic E-state index is 11.8.